The molecule has 0 spiro atoms. The van der Waals surface area contributed by atoms with E-state index in [4.69, 9.17) is 0 Å². The standard InChI is InChI=1S/C31H34N2O/c1-2-3-4-5-6-7-14-19-28(34)30-27-22-24(23-32)20-21-33(27)31(26-17-12-9-13-18-26)29(30)25-15-10-8-11-16-25/h8-13,15-18,20-22,28,34H,2-7,14,19H2,1H3. The monoisotopic (exact) mass is 450 g/mol. The molecule has 1 unspecified atom stereocenters. The minimum atomic E-state index is -0.591. The number of aliphatic hydroxyl groups excluding tert-OH is 1. The summed E-state index contributed by atoms with van der Waals surface area (Å²) in [4.78, 5) is 0. The van der Waals surface area contributed by atoms with Crippen molar-refractivity contribution in [3.8, 4) is 28.5 Å². The van der Waals surface area contributed by atoms with Gasteiger partial charge in [-0.05, 0) is 29.7 Å². The molecule has 0 aliphatic heterocycles. The first-order chi connectivity index (χ1) is 16.7. The third-order valence-corrected chi connectivity index (χ3v) is 6.63. The van der Waals surface area contributed by atoms with Crippen LogP contribution in [0.5, 0.6) is 0 Å². The second kappa shape index (κ2) is 11.7. The van der Waals surface area contributed by atoms with Gasteiger partial charge in [0.1, 0.15) is 0 Å². The number of pyridine rings is 1. The summed E-state index contributed by atoms with van der Waals surface area (Å²) in [5, 5.41) is 21.1. The van der Waals surface area contributed by atoms with E-state index in [1.165, 1.54) is 32.1 Å². The number of aliphatic hydroxyl groups is 1. The summed E-state index contributed by atoms with van der Waals surface area (Å²) in [5.41, 5.74) is 6.72. The largest absolute Gasteiger partial charge is 0.388 e. The van der Waals surface area contributed by atoms with E-state index in [2.05, 4.69) is 41.7 Å². The Bertz CT molecular complexity index is 1240. The molecule has 1 N–H and O–H groups in total. The fraction of sp³-hybridized carbons (Fsp3) is 0.323. The molecule has 34 heavy (non-hydrogen) atoms. The van der Waals surface area contributed by atoms with Crippen LogP contribution in [0.4, 0.5) is 0 Å². The number of hydrogen-bond donors (Lipinski definition) is 1. The summed E-state index contributed by atoms with van der Waals surface area (Å²) in [6, 6.07) is 26.7. The first kappa shape index (κ1) is 23.8. The second-order valence-corrected chi connectivity index (χ2v) is 9.08. The van der Waals surface area contributed by atoms with Crippen molar-refractivity contribution >= 4 is 5.52 Å². The number of benzene rings is 2. The lowest BCUT2D eigenvalue weighted by Crippen LogP contribution is -1.99. The zero-order valence-corrected chi connectivity index (χ0v) is 20.1. The van der Waals surface area contributed by atoms with Crippen molar-refractivity contribution in [2.45, 2.75) is 64.4 Å². The molecule has 0 aliphatic rings. The first-order valence-electron chi connectivity index (χ1n) is 12.6. The van der Waals surface area contributed by atoms with Gasteiger partial charge in [0, 0.05) is 17.3 Å². The van der Waals surface area contributed by atoms with Crippen LogP contribution in [0.25, 0.3) is 27.9 Å². The molecule has 0 radical (unpaired) electrons. The SMILES string of the molecule is CCCCCCCCCC(O)c1c(-c2ccccc2)c(-c2ccccc2)n2ccc(C#N)cc12. The Kier molecular flexibility index (Phi) is 8.17. The number of nitrogens with zero attached hydrogens (tertiary/aromatic N) is 2. The predicted molar refractivity (Wildman–Crippen MR) is 141 cm³/mol. The molecule has 0 saturated carbocycles. The third kappa shape index (κ3) is 5.24. The maximum atomic E-state index is 11.5. The number of unbranched alkanes of at least 4 members (excludes halogenated alkanes) is 6. The average Bonchev–Trinajstić information content (AvgIpc) is 3.23. The summed E-state index contributed by atoms with van der Waals surface area (Å²) >= 11 is 0. The molecule has 174 valence electrons. The van der Waals surface area contributed by atoms with Gasteiger partial charge in [0.2, 0.25) is 0 Å². The van der Waals surface area contributed by atoms with E-state index >= 15 is 0 Å². The molecule has 0 amide bonds. The third-order valence-electron chi connectivity index (χ3n) is 6.63. The normalized spacial score (nSPS) is 12.0. The van der Waals surface area contributed by atoms with Crippen molar-refractivity contribution in [3.05, 3.63) is 90.1 Å². The molecule has 4 rings (SSSR count). The van der Waals surface area contributed by atoms with E-state index in [0.29, 0.717) is 5.56 Å². The van der Waals surface area contributed by atoms with Crippen LogP contribution in [0.2, 0.25) is 0 Å². The van der Waals surface area contributed by atoms with Crippen LogP contribution >= 0.6 is 0 Å². The minimum absolute atomic E-state index is 0.591. The van der Waals surface area contributed by atoms with E-state index in [1.54, 1.807) is 0 Å². The van der Waals surface area contributed by atoms with Gasteiger partial charge in [-0.3, -0.25) is 0 Å². The molecule has 2 aromatic carbocycles. The van der Waals surface area contributed by atoms with Gasteiger partial charge in [-0.25, -0.2) is 0 Å². The Morgan fingerprint density at radius 3 is 2.09 bits per heavy atom. The number of hydrogen-bond acceptors (Lipinski definition) is 2. The molecule has 3 nitrogen and oxygen atoms in total. The summed E-state index contributed by atoms with van der Waals surface area (Å²) in [6.07, 6.45) is 10.6. The van der Waals surface area contributed by atoms with Gasteiger partial charge >= 0.3 is 0 Å². The van der Waals surface area contributed by atoms with Gasteiger partial charge < -0.3 is 9.51 Å². The van der Waals surface area contributed by atoms with Crippen LogP contribution in [0.3, 0.4) is 0 Å². The molecular weight excluding hydrogens is 416 g/mol. The zero-order valence-electron chi connectivity index (χ0n) is 20.1. The van der Waals surface area contributed by atoms with Gasteiger partial charge in [-0.2, -0.15) is 5.26 Å². The number of aromatic nitrogens is 1. The van der Waals surface area contributed by atoms with Crippen LogP contribution in [-0.4, -0.2) is 9.51 Å². The fourth-order valence-electron chi connectivity index (χ4n) is 4.90. The maximum absolute atomic E-state index is 11.5. The van der Waals surface area contributed by atoms with E-state index in [1.807, 2.05) is 54.7 Å². The van der Waals surface area contributed by atoms with E-state index in [9.17, 15) is 10.4 Å². The van der Waals surface area contributed by atoms with Crippen LogP contribution in [-0.2, 0) is 0 Å². The average molecular weight is 451 g/mol. The van der Waals surface area contributed by atoms with E-state index in [-0.39, 0.29) is 0 Å². The summed E-state index contributed by atoms with van der Waals surface area (Å²) in [5.74, 6) is 0. The lowest BCUT2D eigenvalue weighted by molar-refractivity contribution is 0.165. The van der Waals surface area contributed by atoms with Gasteiger partial charge in [-0.1, -0.05) is 113 Å². The van der Waals surface area contributed by atoms with E-state index < -0.39 is 6.10 Å². The molecule has 3 heteroatoms. The minimum Gasteiger partial charge on any atom is -0.388 e. The van der Waals surface area contributed by atoms with Crippen molar-refractivity contribution < 1.29 is 5.11 Å². The van der Waals surface area contributed by atoms with Crippen molar-refractivity contribution in [2.24, 2.45) is 0 Å². The lowest BCUT2D eigenvalue weighted by atomic mass is 9.92. The molecule has 0 bridgehead atoms. The zero-order chi connectivity index (χ0) is 23.8. The quantitative estimate of drug-likeness (QED) is 0.234. The molecule has 0 saturated heterocycles. The van der Waals surface area contributed by atoms with Crippen LogP contribution in [0.15, 0.2) is 79.0 Å². The molecule has 2 heterocycles. The number of nitriles is 1. The van der Waals surface area contributed by atoms with Gasteiger partial charge in [0.25, 0.3) is 0 Å². The predicted octanol–water partition coefficient (Wildman–Crippen LogP) is 8.32. The van der Waals surface area contributed by atoms with Crippen LogP contribution in [0.1, 0.15) is 75.5 Å². The maximum Gasteiger partial charge on any atom is 0.0992 e. The van der Waals surface area contributed by atoms with Crippen molar-refractivity contribution in [3.63, 3.8) is 0 Å². The van der Waals surface area contributed by atoms with Crippen molar-refractivity contribution in [1.82, 2.24) is 4.40 Å². The lowest BCUT2D eigenvalue weighted by Gasteiger charge is -2.14. The van der Waals surface area contributed by atoms with Crippen molar-refractivity contribution in [1.29, 1.82) is 5.26 Å². The smallest absolute Gasteiger partial charge is 0.0992 e. The number of rotatable bonds is 11. The summed E-state index contributed by atoms with van der Waals surface area (Å²) in [6.45, 7) is 2.24. The molecule has 4 aromatic rings. The second-order valence-electron chi connectivity index (χ2n) is 9.08. The Hall–Kier alpha value is -3.35. The highest BCUT2D eigenvalue weighted by Crippen LogP contribution is 2.43. The molecule has 0 fully saturated rings. The van der Waals surface area contributed by atoms with E-state index in [0.717, 1.165) is 52.7 Å². The fourth-order valence-corrected chi connectivity index (χ4v) is 4.90. The van der Waals surface area contributed by atoms with Gasteiger partial charge in [0.15, 0.2) is 0 Å². The van der Waals surface area contributed by atoms with Gasteiger partial charge in [0.05, 0.1) is 28.9 Å². The summed E-state index contributed by atoms with van der Waals surface area (Å²) < 4.78 is 2.14. The molecule has 2 aromatic heterocycles. The Balaban J connectivity index is 1.77. The summed E-state index contributed by atoms with van der Waals surface area (Å²) in [7, 11) is 0. The van der Waals surface area contributed by atoms with Crippen LogP contribution < -0.4 is 0 Å². The highest BCUT2D eigenvalue weighted by Gasteiger charge is 2.25. The highest BCUT2D eigenvalue weighted by molar-refractivity contribution is 5.91. The van der Waals surface area contributed by atoms with Crippen LogP contribution in [0, 0.1) is 11.3 Å². The number of fused-ring (bicyclic) bond motifs is 1. The molecule has 1 atom stereocenters. The highest BCUT2D eigenvalue weighted by atomic mass is 16.3. The first-order valence-corrected chi connectivity index (χ1v) is 12.6. The Morgan fingerprint density at radius 1 is 0.824 bits per heavy atom. The topological polar surface area (TPSA) is 48.4 Å². The Morgan fingerprint density at radius 2 is 1.44 bits per heavy atom. The molecular formula is C31H34N2O. The Labute approximate surface area is 203 Å². The molecule has 0 aliphatic carbocycles. The van der Waals surface area contributed by atoms with Gasteiger partial charge in [-0.15, -0.1) is 0 Å². The van der Waals surface area contributed by atoms with Crippen molar-refractivity contribution in [2.75, 3.05) is 0 Å².